The van der Waals surface area contributed by atoms with Gasteiger partial charge in [0.25, 0.3) is 0 Å². The molecule has 0 N–H and O–H groups in total. The van der Waals surface area contributed by atoms with Crippen molar-refractivity contribution in [2.24, 2.45) is 5.92 Å². The SMILES string of the molecule is CCCCCCCCCCCCCCCCCCCCN(C)C(=O)OCC(C)C. The van der Waals surface area contributed by atoms with Crippen LogP contribution in [0.3, 0.4) is 0 Å². The molecule has 0 unspecified atom stereocenters. The normalized spacial score (nSPS) is 11.2. The van der Waals surface area contributed by atoms with Crippen LogP contribution in [0.4, 0.5) is 4.79 Å². The predicted molar refractivity (Wildman–Crippen MR) is 128 cm³/mol. The highest BCUT2D eigenvalue weighted by atomic mass is 16.6. The van der Waals surface area contributed by atoms with Gasteiger partial charge in [0.15, 0.2) is 0 Å². The van der Waals surface area contributed by atoms with Crippen molar-refractivity contribution in [3.05, 3.63) is 0 Å². The van der Waals surface area contributed by atoms with Gasteiger partial charge >= 0.3 is 6.09 Å². The van der Waals surface area contributed by atoms with E-state index in [0.29, 0.717) is 12.5 Å². The van der Waals surface area contributed by atoms with Gasteiger partial charge < -0.3 is 9.64 Å². The lowest BCUT2D eigenvalue weighted by atomic mass is 10.0. The summed E-state index contributed by atoms with van der Waals surface area (Å²) in [5.74, 6) is 0.400. The summed E-state index contributed by atoms with van der Waals surface area (Å²) in [5.41, 5.74) is 0. The second-order valence-electron chi connectivity index (χ2n) is 9.40. The summed E-state index contributed by atoms with van der Waals surface area (Å²) in [6.45, 7) is 7.74. The van der Waals surface area contributed by atoms with Gasteiger partial charge in [-0.15, -0.1) is 0 Å². The molecule has 3 nitrogen and oxygen atoms in total. The van der Waals surface area contributed by atoms with Crippen LogP contribution in [0.1, 0.15) is 136 Å². The number of hydrogen-bond acceptors (Lipinski definition) is 2. The standard InChI is InChI=1S/C26H53NO2/c1-5-6-7-8-9-10-11-12-13-14-15-16-17-18-19-20-21-22-23-27(4)26(28)29-24-25(2)3/h25H,5-24H2,1-4H3. The molecule has 29 heavy (non-hydrogen) atoms. The molecule has 0 aliphatic carbocycles. The van der Waals surface area contributed by atoms with Gasteiger partial charge in [-0.2, -0.15) is 0 Å². The van der Waals surface area contributed by atoms with Crippen molar-refractivity contribution in [1.29, 1.82) is 0 Å². The van der Waals surface area contributed by atoms with Gasteiger partial charge in [0, 0.05) is 13.6 Å². The fourth-order valence-electron chi connectivity index (χ4n) is 3.69. The van der Waals surface area contributed by atoms with Gasteiger partial charge in [0.05, 0.1) is 6.61 Å². The third kappa shape index (κ3) is 21.8. The molecule has 0 saturated heterocycles. The van der Waals surface area contributed by atoms with Gasteiger partial charge in [-0.3, -0.25) is 0 Å². The number of carbonyl (C=O) groups excluding carboxylic acids is 1. The number of nitrogens with zero attached hydrogens (tertiary/aromatic N) is 1. The molecule has 0 rings (SSSR count). The van der Waals surface area contributed by atoms with E-state index >= 15 is 0 Å². The molecule has 0 spiro atoms. The van der Waals surface area contributed by atoms with Crippen molar-refractivity contribution in [3.63, 3.8) is 0 Å². The first-order valence-electron chi connectivity index (χ1n) is 13.0. The van der Waals surface area contributed by atoms with Crippen LogP contribution in [0.25, 0.3) is 0 Å². The summed E-state index contributed by atoms with van der Waals surface area (Å²) in [7, 11) is 1.84. The van der Waals surface area contributed by atoms with Crippen molar-refractivity contribution < 1.29 is 9.53 Å². The van der Waals surface area contributed by atoms with E-state index in [1.165, 1.54) is 109 Å². The van der Waals surface area contributed by atoms with E-state index in [1.54, 1.807) is 4.90 Å². The largest absolute Gasteiger partial charge is 0.449 e. The molecule has 0 aromatic rings. The third-order valence-corrected chi connectivity index (χ3v) is 5.70. The molecule has 174 valence electrons. The first kappa shape index (κ1) is 28.3. The highest BCUT2D eigenvalue weighted by Gasteiger charge is 2.09. The van der Waals surface area contributed by atoms with E-state index in [9.17, 15) is 4.79 Å². The Morgan fingerprint density at radius 3 is 1.34 bits per heavy atom. The Morgan fingerprint density at radius 2 is 1.00 bits per heavy atom. The summed E-state index contributed by atoms with van der Waals surface area (Å²) < 4.78 is 5.24. The van der Waals surface area contributed by atoms with E-state index in [1.807, 2.05) is 7.05 Å². The maximum Gasteiger partial charge on any atom is 0.409 e. The highest BCUT2D eigenvalue weighted by Crippen LogP contribution is 2.14. The van der Waals surface area contributed by atoms with E-state index in [4.69, 9.17) is 4.74 Å². The Bertz CT molecular complexity index is 344. The lowest BCUT2D eigenvalue weighted by Crippen LogP contribution is -2.29. The topological polar surface area (TPSA) is 29.5 Å². The molecule has 0 heterocycles. The molecular weight excluding hydrogens is 358 g/mol. The van der Waals surface area contributed by atoms with Crippen molar-refractivity contribution in [2.75, 3.05) is 20.2 Å². The van der Waals surface area contributed by atoms with Crippen LogP contribution in [0.2, 0.25) is 0 Å². The number of hydrogen-bond donors (Lipinski definition) is 0. The van der Waals surface area contributed by atoms with Gasteiger partial charge in [-0.1, -0.05) is 130 Å². The maximum absolute atomic E-state index is 11.8. The Kier molecular flexibility index (Phi) is 21.4. The molecule has 0 aliphatic heterocycles. The quantitative estimate of drug-likeness (QED) is 0.177. The summed E-state index contributed by atoms with van der Waals surface area (Å²) >= 11 is 0. The van der Waals surface area contributed by atoms with Crippen LogP contribution in [0.15, 0.2) is 0 Å². The minimum absolute atomic E-state index is 0.175. The molecule has 0 radical (unpaired) electrons. The van der Waals surface area contributed by atoms with E-state index < -0.39 is 0 Å². The summed E-state index contributed by atoms with van der Waals surface area (Å²) in [6, 6.07) is 0. The van der Waals surface area contributed by atoms with E-state index in [0.717, 1.165) is 13.0 Å². The van der Waals surface area contributed by atoms with Gasteiger partial charge in [-0.05, 0) is 12.3 Å². The number of carbonyl (C=O) groups is 1. The molecule has 1 amide bonds. The number of ether oxygens (including phenoxy) is 1. The number of rotatable bonds is 21. The lowest BCUT2D eigenvalue weighted by molar-refractivity contribution is 0.0994. The zero-order chi connectivity index (χ0) is 21.6. The zero-order valence-corrected chi connectivity index (χ0v) is 20.5. The van der Waals surface area contributed by atoms with Crippen LogP contribution in [0.5, 0.6) is 0 Å². The van der Waals surface area contributed by atoms with Crippen LogP contribution in [0, 0.1) is 5.92 Å². The van der Waals surface area contributed by atoms with Crippen molar-refractivity contribution in [1.82, 2.24) is 4.90 Å². The predicted octanol–water partition coefficient (Wildman–Crippen LogP) is 8.75. The third-order valence-electron chi connectivity index (χ3n) is 5.70. The fourth-order valence-corrected chi connectivity index (χ4v) is 3.69. The molecule has 0 aliphatic rings. The fraction of sp³-hybridized carbons (Fsp3) is 0.962. The molecular formula is C26H53NO2. The Balaban J connectivity index is 3.19. The van der Waals surface area contributed by atoms with Crippen LogP contribution in [-0.4, -0.2) is 31.2 Å². The monoisotopic (exact) mass is 411 g/mol. The zero-order valence-electron chi connectivity index (χ0n) is 20.5. The van der Waals surface area contributed by atoms with Gasteiger partial charge in [0.1, 0.15) is 0 Å². The van der Waals surface area contributed by atoms with Gasteiger partial charge in [-0.25, -0.2) is 4.79 Å². The Morgan fingerprint density at radius 1 is 0.655 bits per heavy atom. The highest BCUT2D eigenvalue weighted by molar-refractivity contribution is 5.67. The lowest BCUT2D eigenvalue weighted by Gasteiger charge is -2.17. The minimum Gasteiger partial charge on any atom is -0.449 e. The molecule has 0 aromatic carbocycles. The van der Waals surface area contributed by atoms with Crippen LogP contribution < -0.4 is 0 Å². The molecule has 0 atom stereocenters. The average molecular weight is 412 g/mol. The van der Waals surface area contributed by atoms with Crippen molar-refractivity contribution in [2.45, 2.75) is 136 Å². The maximum atomic E-state index is 11.8. The number of unbranched alkanes of at least 4 members (excludes halogenated alkanes) is 17. The number of amides is 1. The molecule has 3 heteroatoms. The molecule has 0 aromatic heterocycles. The molecule has 0 bridgehead atoms. The summed E-state index contributed by atoms with van der Waals surface area (Å²) in [5, 5.41) is 0. The summed E-state index contributed by atoms with van der Waals surface area (Å²) in [6.07, 6.45) is 24.8. The Hall–Kier alpha value is -0.730. The minimum atomic E-state index is -0.175. The van der Waals surface area contributed by atoms with Crippen LogP contribution in [-0.2, 0) is 4.74 Å². The smallest absolute Gasteiger partial charge is 0.409 e. The first-order chi connectivity index (χ1) is 14.1. The molecule has 0 saturated carbocycles. The second-order valence-corrected chi connectivity index (χ2v) is 9.40. The Labute approximate surface area is 183 Å². The average Bonchev–Trinajstić information content (AvgIpc) is 2.70. The van der Waals surface area contributed by atoms with Crippen molar-refractivity contribution >= 4 is 6.09 Å². The van der Waals surface area contributed by atoms with Crippen LogP contribution >= 0.6 is 0 Å². The summed E-state index contributed by atoms with van der Waals surface area (Å²) in [4.78, 5) is 13.5. The first-order valence-corrected chi connectivity index (χ1v) is 13.0. The molecule has 0 fully saturated rings. The van der Waals surface area contributed by atoms with E-state index in [-0.39, 0.29) is 6.09 Å². The van der Waals surface area contributed by atoms with E-state index in [2.05, 4.69) is 20.8 Å². The van der Waals surface area contributed by atoms with Gasteiger partial charge in [0.2, 0.25) is 0 Å². The van der Waals surface area contributed by atoms with Crippen molar-refractivity contribution in [3.8, 4) is 0 Å². The second kappa shape index (κ2) is 22.0.